The molecule has 1 aromatic rings. The monoisotopic (exact) mass is 309 g/mol. The summed E-state index contributed by atoms with van der Waals surface area (Å²) in [5.41, 5.74) is 0.556. The van der Waals surface area contributed by atoms with E-state index in [1.54, 1.807) is 59.1 Å². The molecule has 1 aromatic carbocycles. The number of benzene rings is 1. The number of hydrogen-bond donors (Lipinski definition) is 3. The second kappa shape index (κ2) is 6.65. The number of hydrogen-bond acceptors (Lipinski definition) is 5. The van der Waals surface area contributed by atoms with Crippen LogP contribution >= 0.6 is 0 Å². The molecule has 0 aliphatic carbocycles. The fourth-order valence-corrected chi connectivity index (χ4v) is 1.84. The second-order valence-electron chi connectivity index (χ2n) is 5.95. The van der Waals surface area contributed by atoms with Crippen LogP contribution in [0.25, 0.3) is 0 Å². The predicted molar refractivity (Wildman–Crippen MR) is 82.0 cm³/mol. The summed E-state index contributed by atoms with van der Waals surface area (Å²) in [4.78, 5) is 24.2. The van der Waals surface area contributed by atoms with Crippen LogP contribution in [-0.2, 0) is 15.1 Å². The summed E-state index contributed by atoms with van der Waals surface area (Å²) < 4.78 is 10.3. The molecule has 4 N–H and O–H groups in total. The molecule has 0 aromatic heterocycles. The third-order valence-electron chi connectivity index (χ3n) is 3.00. The number of hydrazine groups is 1. The lowest BCUT2D eigenvalue weighted by molar-refractivity contribution is -0.127. The highest BCUT2D eigenvalue weighted by Crippen LogP contribution is 2.24. The lowest BCUT2D eigenvalue weighted by atomic mass is 9.91. The number of nitrogens with one attached hydrogen (secondary N) is 2. The number of carbonyl (C=O) groups excluding carboxylic acids is 2. The number of ether oxygens (including phenoxy) is 2. The Kier molecular flexibility index (Phi) is 5.38. The molecule has 7 heteroatoms. The van der Waals surface area contributed by atoms with Crippen molar-refractivity contribution in [1.82, 2.24) is 10.7 Å². The Morgan fingerprint density at radius 1 is 1.09 bits per heavy atom. The van der Waals surface area contributed by atoms with Crippen LogP contribution in [0.4, 0.5) is 4.79 Å². The van der Waals surface area contributed by atoms with E-state index in [1.807, 2.05) is 0 Å². The quantitative estimate of drug-likeness (QED) is 0.443. The number of carbonyl (C=O) groups is 2. The van der Waals surface area contributed by atoms with E-state index in [1.165, 1.54) is 0 Å². The molecule has 1 rings (SSSR count). The molecule has 0 aliphatic rings. The van der Waals surface area contributed by atoms with Crippen molar-refractivity contribution in [3.8, 4) is 5.75 Å². The van der Waals surface area contributed by atoms with Crippen molar-refractivity contribution in [3.63, 3.8) is 0 Å². The zero-order chi connectivity index (χ0) is 17.0. The molecule has 122 valence electrons. The Balaban J connectivity index is 3.09. The van der Waals surface area contributed by atoms with Gasteiger partial charge in [0.15, 0.2) is 0 Å². The van der Waals surface area contributed by atoms with Gasteiger partial charge in [0.05, 0.1) is 7.11 Å². The van der Waals surface area contributed by atoms with Gasteiger partial charge >= 0.3 is 6.09 Å². The van der Waals surface area contributed by atoms with Gasteiger partial charge in [-0.05, 0) is 45.4 Å². The Hall–Kier alpha value is -2.28. The summed E-state index contributed by atoms with van der Waals surface area (Å²) in [5, 5.41) is 2.56. The summed E-state index contributed by atoms with van der Waals surface area (Å²) in [6.45, 7) is 6.75. The maximum Gasteiger partial charge on any atom is 0.408 e. The third kappa shape index (κ3) is 4.36. The Labute approximate surface area is 130 Å². The highest BCUT2D eigenvalue weighted by Gasteiger charge is 2.38. The fraction of sp³-hybridized carbons (Fsp3) is 0.467. The largest absolute Gasteiger partial charge is 0.497 e. The molecule has 1 atom stereocenters. The van der Waals surface area contributed by atoms with Gasteiger partial charge in [0.25, 0.3) is 5.91 Å². The normalized spacial score (nSPS) is 13.7. The van der Waals surface area contributed by atoms with E-state index in [9.17, 15) is 9.59 Å². The van der Waals surface area contributed by atoms with E-state index in [0.717, 1.165) is 0 Å². The van der Waals surface area contributed by atoms with Crippen molar-refractivity contribution in [2.45, 2.75) is 38.8 Å². The first-order valence-corrected chi connectivity index (χ1v) is 6.79. The van der Waals surface area contributed by atoms with E-state index in [2.05, 4.69) is 10.7 Å². The van der Waals surface area contributed by atoms with Crippen molar-refractivity contribution >= 4 is 12.0 Å². The van der Waals surface area contributed by atoms with Crippen LogP contribution in [0, 0.1) is 0 Å². The first-order valence-electron chi connectivity index (χ1n) is 6.79. The van der Waals surface area contributed by atoms with Gasteiger partial charge in [-0.15, -0.1) is 0 Å². The number of nitrogens with two attached hydrogens (primary N) is 1. The molecule has 2 amide bonds. The molecule has 0 saturated carbocycles. The van der Waals surface area contributed by atoms with Crippen LogP contribution in [0.2, 0.25) is 0 Å². The fourth-order valence-electron chi connectivity index (χ4n) is 1.84. The smallest absolute Gasteiger partial charge is 0.408 e. The van der Waals surface area contributed by atoms with Crippen LogP contribution in [-0.4, -0.2) is 24.7 Å². The van der Waals surface area contributed by atoms with Crippen molar-refractivity contribution in [2.24, 2.45) is 5.84 Å². The maximum absolute atomic E-state index is 12.2. The first-order chi connectivity index (χ1) is 10.1. The first kappa shape index (κ1) is 17.8. The van der Waals surface area contributed by atoms with E-state index < -0.39 is 23.1 Å². The van der Waals surface area contributed by atoms with Crippen LogP contribution in [0.1, 0.15) is 33.3 Å². The lowest BCUT2D eigenvalue weighted by Gasteiger charge is -2.30. The van der Waals surface area contributed by atoms with Gasteiger partial charge in [-0.25, -0.2) is 10.6 Å². The zero-order valence-corrected chi connectivity index (χ0v) is 13.5. The maximum atomic E-state index is 12.2. The summed E-state index contributed by atoms with van der Waals surface area (Å²) in [6.07, 6.45) is -0.714. The number of methoxy groups -OCH3 is 1. The van der Waals surface area contributed by atoms with Crippen molar-refractivity contribution in [2.75, 3.05) is 7.11 Å². The number of amides is 2. The number of alkyl carbamates (subject to hydrolysis) is 1. The zero-order valence-electron chi connectivity index (χ0n) is 13.5. The molecule has 0 heterocycles. The van der Waals surface area contributed by atoms with E-state index in [4.69, 9.17) is 15.3 Å². The van der Waals surface area contributed by atoms with Crippen LogP contribution in [0.3, 0.4) is 0 Å². The van der Waals surface area contributed by atoms with Gasteiger partial charge in [0.1, 0.15) is 16.9 Å². The van der Waals surface area contributed by atoms with Gasteiger partial charge in [0.2, 0.25) is 0 Å². The average Bonchev–Trinajstić information content (AvgIpc) is 2.44. The summed E-state index contributed by atoms with van der Waals surface area (Å²) in [6, 6.07) is 6.72. The summed E-state index contributed by atoms with van der Waals surface area (Å²) in [7, 11) is 1.54. The van der Waals surface area contributed by atoms with Crippen molar-refractivity contribution in [3.05, 3.63) is 29.8 Å². The minimum atomic E-state index is -1.37. The molecule has 0 fully saturated rings. The molecule has 1 unspecified atom stereocenters. The van der Waals surface area contributed by atoms with Crippen LogP contribution in [0.15, 0.2) is 24.3 Å². The highest BCUT2D eigenvalue weighted by molar-refractivity contribution is 5.90. The molecule has 0 bridgehead atoms. The SMILES string of the molecule is COc1ccc(C(C)(NC(=O)OC(C)(C)C)C(=O)NN)cc1. The van der Waals surface area contributed by atoms with Crippen molar-refractivity contribution < 1.29 is 19.1 Å². The van der Waals surface area contributed by atoms with Crippen LogP contribution < -0.4 is 21.3 Å². The summed E-state index contributed by atoms with van der Waals surface area (Å²) in [5.74, 6) is 5.31. The molecular formula is C15H23N3O4. The molecular weight excluding hydrogens is 286 g/mol. The van der Waals surface area contributed by atoms with Gasteiger partial charge < -0.3 is 14.8 Å². The van der Waals surface area contributed by atoms with Crippen molar-refractivity contribution in [1.29, 1.82) is 0 Å². The Morgan fingerprint density at radius 3 is 2.05 bits per heavy atom. The van der Waals surface area contributed by atoms with Gasteiger partial charge in [-0.1, -0.05) is 12.1 Å². The summed E-state index contributed by atoms with van der Waals surface area (Å²) >= 11 is 0. The molecule has 0 saturated heterocycles. The molecule has 7 nitrogen and oxygen atoms in total. The minimum absolute atomic E-state index is 0.544. The molecule has 0 radical (unpaired) electrons. The van der Waals surface area contributed by atoms with Gasteiger partial charge in [-0.2, -0.15) is 0 Å². The predicted octanol–water partition coefficient (Wildman–Crippen LogP) is 1.42. The van der Waals surface area contributed by atoms with E-state index in [0.29, 0.717) is 11.3 Å². The van der Waals surface area contributed by atoms with Gasteiger partial charge in [0, 0.05) is 0 Å². The third-order valence-corrected chi connectivity index (χ3v) is 3.00. The minimum Gasteiger partial charge on any atom is -0.497 e. The molecule has 0 spiro atoms. The second-order valence-corrected chi connectivity index (χ2v) is 5.95. The van der Waals surface area contributed by atoms with Crippen LogP contribution in [0.5, 0.6) is 5.75 Å². The number of rotatable bonds is 4. The standard InChI is InChI=1S/C15H23N3O4/c1-14(2,3)22-13(20)17-15(4,12(19)18-16)10-6-8-11(21-5)9-7-10/h6-9H,16H2,1-5H3,(H,17,20)(H,18,19). The highest BCUT2D eigenvalue weighted by atomic mass is 16.6. The topological polar surface area (TPSA) is 103 Å². The average molecular weight is 309 g/mol. The van der Waals surface area contributed by atoms with E-state index >= 15 is 0 Å². The molecule has 22 heavy (non-hydrogen) atoms. The Bertz CT molecular complexity index is 537. The van der Waals surface area contributed by atoms with E-state index in [-0.39, 0.29) is 0 Å². The lowest BCUT2D eigenvalue weighted by Crippen LogP contribution is -2.56. The van der Waals surface area contributed by atoms with Gasteiger partial charge in [-0.3, -0.25) is 10.2 Å². The Morgan fingerprint density at radius 2 is 1.64 bits per heavy atom. The molecule has 0 aliphatic heterocycles.